The molecule has 2 heteroatoms. The van der Waals surface area contributed by atoms with Crippen molar-refractivity contribution >= 4 is 0 Å². The van der Waals surface area contributed by atoms with Gasteiger partial charge in [0.25, 0.3) is 0 Å². The molecular formula is C6H8O2. The van der Waals surface area contributed by atoms with E-state index in [1.54, 1.807) is 6.92 Å². The van der Waals surface area contributed by atoms with E-state index in [9.17, 15) is 0 Å². The van der Waals surface area contributed by atoms with Crippen LogP contribution in [0.3, 0.4) is 0 Å². The number of hydrogen-bond donors (Lipinski definition) is 0. The maximum Gasteiger partial charge on any atom is 0.162 e. The van der Waals surface area contributed by atoms with Gasteiger partial charge in [-0.2, -0.15) is 4.89 Å². The van der Waals surface area contributed by atoms with Gasteiger partial charge < -0.3 is 0 Å². The summed E-state index contributed by atoms with van der Waals surface area (Å²) >= 11 is 0. The van der Waals surface area contributed by atoms with Gasteiger partial charge in [0.2, 0.25) is 0 Å². The smallest absolute Gasteiger partial charge is 0.162 e. The molecule has 2 nitrogen and oxygen atoms in total. The van der Waals surface area contributed by atoms with E-state index in [-0.39, 0.29) is 0 Å². The van der Waals surface area contributed by atoms with Gasteiger partial charge in [-0.1, -0.05) is 6.58 Å². The van der Waals surface area contributed by atoms with Crippen molar-refractivity contribution in [2.75, 3.05) is 7.11 Å². The summed E-state index contributed by atoms with van der Waals surface area (Å²) in [6, 6.07) is 0. The summed E-state index contributed by atoms with van der Waals surface area (Å²) in [6.07, 6.45) is 2.26. The van der Waals surface area contributed by atoms with Gasteiger partial charge in [-0.25, -0.2) is 0 Å². The highest BCUT2D eigenvalue weighted by molar-refractivity contribution is 5.20. The zero-order valence-corrected chi connectivity index (χ0v) is 5.02. The van der Waals surface area contributed by atoms with Crippen molar-refractivity contribution in [1.82, 2.24) is 0 Å². The van der Waals surface area contributed by atoms with Crippen LogP contribution in [0.25, 0.3) is 0 Å². The monoisotopic (exact) mass is 112 g/mol. The molecular weight excluding hydrogens is 104 g/mol. The van der Waals surface area contributed by atoms with Crippen LogP contribution in [0, 0.1) is 12.0 Å². The molecule has 0 aliphatic heterocycles. The third kappa shape index (κ3) is 5.06. The Hall–Kier alpha value is -0.940. The predicted molar refractivity (Wildman–Crippen MR) is 30.7 cm³/mol. The molecule has 0 saturated heterocycles. The number of hydrogen-bond acceptors (Lipinski definition) is 2. The first-order valence-corrected chi connectivity index (χ1v) is 2.13. The van der Waals surface area contributed by atoms with Gasteiger partial charge in [-0.05, 0) is 18.4 Å². The molecule has 0 aliphatic carbocycles. The van der Waals surface area contributed by atoms with Gasteiger partial charge >= 0.3 is 0 Å². The summed E-state index contributed by atoms with van der Waals surface area (Å²) in [7, 11) is 1.40. The second-order valence-electron chi connectivity index (χ2n) is 1.26. The average Bonchev–Trinajstić information content (AvgIpc) is 1.66. The van der Waals surface area contributed by atoms with Crippen molar-refractivity contribution in [2.24, 2.45) is 0 Å². The Balaban J connectivity index is 3.35. The van der Waals surface area contributed by atoms with E-state index >= 15 is 0 Å². The van der Waals surface area contributed by atoms with E-state index in [0.29, 0.717) is 0 Å². The Kier molecular flexibility index (Phi) is 3.73. The molecule has 0 heterocycles. The van der Waals surface area contributed by atoms with Gasteiger partial charge in [0.05, 0.1) is 7.11 Å². The normalized spacial score (nSPS) is 6.75. The lowest BCUT2D eigenvalue weighted by Gasteiger charge is -1.82. The van der Waals surface area contributed by atoms with E-state index in [2.05, 4.69) is 28.4 Å². The second-order valence-corrected chi connectivity index (χ2v) is 1.26. The van der Waals surface area contributed by atoms with E-state index in [4.69, 9.17) is 0 Å². The molecule has 0 spiro atoms. The fourth-order valence-corrected chi connectivity index (χ4v) is 0.150. The van der Waals surface area contributed by atoms with Crippen molar-refractivity contribution in [3.05, 3.63) is 12.2 Å². The lowest BCUT2D eigenvalue weighted by molar-refractivity contribution is -0.209. The van der Waals surface area contributed by atoms with Crippen LogP contribution < -0.4 is 0 Å². The minimum absolute atomic E-state index is 0.752. The minimum Gasteiger partial charge on any atom is -0.282 e. The summed E-state index contributed by atoms with van der Waals surface area (Å²) in [6.45, 7) is 5.30. The maximum absolute atomic E-state index is 4.22. The largest absolute Gasteiger partial charge is 0.282 e. The van der Waals surface area contributed by atoms with Crippen LogP contribution in [-0.2, 0) is 9.78 Å². The summed E-state index contributed by atoms with van der Waals surface area (Å²) in [4.78, 5) is 8.40. The molecule has 0 atom stereocenters. The first-order chi connectivity index (χ1) is 3.77. The fraction of sp³-hybridized carbons (Fsp3) is 0.333. The van der Waals surface area contributed by atoms with Gasteiger partial charge in [-0.3, -0.25) is 4.89 Å². The Bertz CT molecular complexity index is 127. The van der Waals surface area contributed by atoms with Gasteiger partial charge in [0.15, 0.2) is 6.11 Å². The minimum atomic E-state index is 0.752. The van der Waals surface area contributed by atoms with E-state index in [1.165, 1.54) is 7.11 Å². The van der Waals surface area contributed by atoms with Crippen molar-refractivity contribution in [1.29, 1.82) is 0 Å². The Morgan fingerprint density at radius 3 is 2.62 bits per heavy atom. The van der Waals surface area contributed by atoms with Gasteiger partial charge in [0.1, 0.15) is 0 Å². The third-order valence-corrected chi connectivity index (χ3v) is 0.389. The second kappa shape index (κ2) is 4.23. The molecule has 0 unspecified atom stereocenters. The molecule has 44 valence electrons. The molecule has 0 rings (SSSR count). The summed E-state index contributed by atoms with van der Waals surface area (Å²) in [5.74, 6) is 2.55. The molecule has 0 amide bonds. The molecule has 0 aromatic heterocycles. The third-order valence-electron chi connectivity index (χ3n) is 0.389. The van der Waals surface area contributed by atoms with E-state index in [0.717, 1.165) is 5.57 Å². The molecule has 0 aromatic carbocycles. The Labute approximate surface area is 49.0 Å². The molecule has 0 aliphatic rings. The number of rotatable bonds is 1. The Morgan fingerprint density at radius 1 is 1.62 bits per heavy atom. The summed E-state index contributed by atoms with van der Waals surface area (Å²) in [5, 5.41) is 0. The summed E-state index contributed by atoms with van der Waals surface area (Å²) in [5.41, 5.74) is 0.752. The quantitative estimate of drug-likeness (QED) is 0.287. The molecule has 0 fully saturated rings. The molecule has 0 N–H and O–H groups in total. The average molecular weight is 112 g/mol. The lowest BCUT2D eigenvalue weighted by atomic mass is 10.4. The van der Waals surface area contributed by atoms with Crippen molar-refractivity contribution in [2.45, 2.75) is 6.92 Å². The van der Waals surface area contributed by atoms with Crippen LogP contribution in [0.5, 0.6) is 0 Å². The van der Waals surface area contributed by atoms with Gasteiger partial charge in [-0.15, -0.1) is 0 Å². The highest BCUT2D eigenvalue weighted by Gasteiger charge is 1.69. The molecule has 0 saturated carbocycles. The van der Waals surface area contributed by atoms with E-state index < -0.39 is 0 Å². The molecule has 0 aromatic rings. The van der Waals surface area contributed by atoms with Crippen LogP contribution in [-0.4, -0.2) is 7.11 Å². The van der Waals surface area contributed by atoms with Crippen molar-refractivity contribution < 1.29 is 9.78 Å². The van der Waals surface area contributed by atoms with Crippen LogP contribution in [0.4, 0.5) is 0 Å². The van der Waals surface area contributed by atoms with Crippen LogP contribution in [0.1, 0.15) is 6.92 Å². The first-order valence-electron chi connectivity index (χ1n) is 2.13. The number of allylic oxidation sites excluding steroid dienone is 1. The standard InChI is InChI=1S/C6H8O2/c1-6(2)4-5-8-7-3/h1H2,2-3H3. The topological polar surface area (TPSA) is 18.5 Å². The fourth-order valence-electron chi connectivity index (χ4n) is 0.150. The van der Waals surface area contributed by atoms with Crippen LogP contribution in [0.15, 0.2) is 12.2 Å². The Morgan fingerprint density at radius 2 is 2.25 bits per heavy atom. The van der Waals surface area contributed by atoms with Crippen LogP contribution >= 0.6 is 0 Å². The molecule has 0 bridgehead atoms. The zero-order valence-electron chi connectivity index (χ0n) is 5.02. The zero-order chi connectivity index (χ0) is 6.41. The lowest BCUT2D eigenvalue weighted by Crippen LogP contribution is -1.75. The highest BCUT2D eigenvalue weighted by Crippen LogP contribution is 1.79. The molecule has 8 heavy (non-hydrogen) atoms. The highest BCUT2D eigenvalue weighted by atomic mass is 17.2. The van der Waals surface area contributed by atoms with Gasteiger partial charge in [0, 0.05) is 0 Å². The SMILES string of the molecule is C=C(C)C#COOC. The van der Waals surface area contributed by atoms with Crippen LogP contribution in [0.2, 0.25) is 0 Å². The summed E-state index contributed by atoms with van der Waals surface area (Å²) < 4.78 is 0. The van der Waals surface area contributed by atoms with Crippen molar-refractivity contribution in [3.63, 3.8) is 0 Å². The molecule has 0 radical (unpaired) electrons. The van der Waals surface area contributed by atoms with E-state index in [1.807, 2.05) is 0 Å². The first kappa shape index (κ1) is 7.06. The predicted octanol–water partition coefficient (Wildman–Crippen LogP) is 1.10. The maximum atomic E-state index is 4.22. The van der Waals surface area contributed by atoms with Crippen molar-refractivity contribution in [3.8, 4) is 12.0 Å².